The fourth-order valence-electron chi connectivity index (χ4n) is 2.94. The number of unbranched alkanes of at least 4 members (excludes halogenated alkanes) is 3. The second-order valence-corrected chi connectivity index (χ2v) is 6.41. The molecule has 0 spiro atoms. The van der Waals surface area contributed by atoms with Crippen LogP contribution in [0.4, 0.5) is 0 Å². The van der Waals surface area contributed by atoms with Crippen LogP contribution in [0, 0.1) is 5.92 Å². The van der Waals surface area contributed by atoms with E-state index in [-0.39, 0.29) is 0 Å². The summed E-state index contributed by atoms with van der Waals surface area (Å²) in [6.45, 7) is 7.33. The molecule has 1 nitrogen and oxygen atoms in total. The van der Waals surface area contributed by atoms with Crippen LogP contribution in [-0.4, -0.2) is 29.8 Å². The zero-order valence-electron chi connectivity index (χ0n) is 11.8. The van der Waals surface area contributed by atoms with Crippen molar-refractivity contribution in [2.45, 2.75) is 71.3 Å². The van der Waals surface area contributed by atoms with E-state index in [2.05, 4.69) is 31.4 Å². The molecule has 17 heavy (non-hydrogen) atoms. The lowest BCUT2D eigenvalue weighted by Gasteiger charge is -2.30. The summed E-state index contributed by atoms with van der Waals surface area (Å²) in [7, 11) is 0. The van der Waals surface area contributed by atoms with Crippen LogP contribution in [0.25, 0.3) is 0 Å². The Morgan fingerprint density at radius 2 is 1.71 bits per heavy atom. The third kappa shape index (κ3) is 6.71. The van der Waals surface area contributed by atoms with Crippen LogP contribution in [0.3, 0.4) is 0 Å². The Hall–Kier alpha value is 0.310. The maximum absolute atomic E-state index is 4.27. The second kappa shape index (κ2) is 9.27. The topological polar surface area (TPSA) is 3.24 Å². The van der Waals surface area contributed by atoms with Gasteiger partial charge in [-0.1, -0.05) is 39.5 Å². The van der Waals surface area contributed by atoms with Crippen molar-refractivity contribution in [1.82, 2.24) is 4.90 Å². The first-order chi connectivity index (χ1) is 8.24. The Labute approximate surface area is 114 Å². The molecular formula is C15H31NS. The molecule has 0 aromatic rings. The van der Waals surface area contributed by atoms with Gasteiger partial charge in [0.2, 0.25) is 0 Å². The molecule has 0 aromatic carbocycles. The van der Waals surface area contributed by atoms with Crippen LogP contribution >= 0.6 is 12.6 Å². The number of nitrogens with zero attached hydrogens (tertiary/aromatic N) is 1. The molecule has 2 heteroatoms. The average molecular weight is 257 g/mol. The minimum absolute atomic E-state index is 0.813. The monoisotopic (exact) mass is 257 g/mol. The van der Waals surface area contributed by atoms with Crippen LogP contribution in [0.2, 0.25) is 0 Å². The first-order valence-corrected chi connectivity index (χ1v) is 8.22. The molecule has 1 aliphatic carbocycles. The van der Waals surface area contributed by atoms with Crippen LogP contribution in [-0.2, 0) is 0 Å². The Morgan fingerprint density at radius 3 is 2.29 bits per heavy atom. The average Bonchev–Trinajstić information content (AvgIpc) is 2.80. The zero-order chi connectivity index (χ0) is 12.5. The van der Waals surface area contributed by atoms with Crippen molar-refractivity contribution in [2.24, 2.45) is 5.92 Å². The van der Waals surface area contributed by atoms with E-state index in [1.165, 1.54) is 64.5 Å². The van der Waals surface area contributed by atoms with Crippen LogP contribution in [0.15, 0.2) is 0 Å². The van der Waals surface area contributed by atoms with Gasteiger partial charge in [0, 0.05) is 12.6 Å². The SMILES string of the molecule is CC(C)CN(CCCCCCS)C1CCCC1. The summed E-state index contributed by atoms with van der Waals surface area (Å²) in [6.07, 6.45) is 11.2. The van der Waals surface area contributed by atoms with Gasteiger partial charge in [-0.05, 0) is 43.9 Å². The number of rotatable bonds is 9. The number of hydrogen-bond donors (Lipinski definition) is 1. The Bertz CT molecular complexity index is 176. The van der Waals surface area contributed by atoms with Crippen molar-refractivity contribution in [3.8, 4) is 0 Å². The highest BCUT2D eigenvalue weighted by molar-refractivity contribution is 7.80. The standard InChI is InChI=1S/C15H31NS/c1-14(2)13-16(15-9-5-6-10-15)11-7-3-4-8-12-17/h14-15,17H,3-13H2,1-2H3. The molecular weight excluding hydrogens is 226 g/mol. The first kappa shape index (κ1) is 15.4. The van der Waals surface area contributed by atoms with E-state index in [1.54, 1.807) is 0 Å². The highest BCUT2D eigenvalue weighted by Gasteiger charge is 2.22. The van der Waals surface area contributed by atoms with E-state index in [0.29, 0.717) is 0 Å². The Kier molecular flexibility index (Phi) is 8.38. The van der Waals surface area contributed by atoms with Gasteiger partial charge in [0.05, 0.1) is 0 Å². The summed E-state index contributed by atoms with van der Waals surface area (Å²) in [4.78, 5) is 2.78. The maximum Gasteiger partial charge on any atom is 0.00953 e. The minimum atomic E-state index is 0.813. The van der Waals surface area contributed by atoms with Crippen molar-refractivity contribution < 1.29 is 0 Å². The molecule has 1 aliphatic rings. The van der Waals surface area contributed by atoms with Gasteiger partial charge >= 0.3 is 0 Å². The van der Waals surface area contributed by atoms with Crippen LogP contribution < -0.4 is 0 Å². The van der Waals surface area contributed by atoms with E-state index in [9.17, 15) is 0 Å². The highest BCUT2D eigenvalue weighted by atomic mass is 32.1. The molecule has 0 bridgehead atoms. The molecule has 0 unspecified atom stereocenters. The van der Waals surface area contributed by atoms with Gasteiger partial charge in [-0.3, -0.25) is 0 Å². The van der Waals surface area contributed by atoms with E-state index in [0.717, 1.165) is 17.7 Å². The summed E-state index contributed by atoms with van der Waals surface area (Å²) in [5, 5.41) is 0. The largest absolute Gasteiger partial charge is 0.300 e. The summed E-state index contributed by atoms with van der Waals surface area (Å²) in [5.74, 6) is 1.87. The minimum Gasteiger partial charge on any atom is -0.300 e. The normalized spacial score (nSPS) is 17.5. The third-order valence-electron chi connectivity index (χ3n) is 3.79. The van der Waals surface area contributed by atoms with E-state index < -0.39 is 0 Å². The Morgan fingerprint density at radius 1 is 1.06 bits per heavy atom. The number of hydrogen-bond acceptors (Lipinski definition) is 2. The number of thiol groups is 1. The van der Waals surface area contributed by atoms with E-state index >= 15 is 0 Å². The quantitative estimate of drug-likeness (QED) is 0.474. The molecule has 0 aromatic heterocycles. The zero-order valence-corrected chi connectivity index (χ0v) is 12.7. The molecule has 0 saturated heterocycles. The predicted octanol–water partition coefficient (Wildman–Crippen LogP) is 4.38. The van der Waals surface area contributed by atoms with E-state index in [1.807, 2.05) is 0 Å². The molecule has 0 N–H and O–H groups in total. The van der Waals surface area contributed by atoms with Gasteiger partial charge in [0.15, 0.2) is 0 Å². The van der Waals surface area contributed by atoms with Gasteiger partial charge in [-0.15, -0.1) is 0 Å². The van der Waals surface area contributed by atoms with Crippen molar-refractivity contribution in [3.63, 3.8) is 0 Å². The highest BCUT2D eigenvalue weighted by Crippen LogP contribution is 2.24. The van der Waals surface area contributed by atoms with Gasteiger partial charge in [0.25, 0.3) is 0 Å². The van der Waals surface area contributed by atoms with Gasteiger partial charge in [-0.2, -0.15) is 12.6 Å². The van der Waals surface area contributed by atoms with Crippen molar-refractivity contribution >= 4 is 12.6 Å². The maximum atomic E-state index is 4.27. The van der Waals surface area contributed by atoms with Gasteiger partial charge < -0.3 is 4.90 Å². The van der Waals surface area contributed by atoms with Crippen molar-refractivity contribution in [2.75, 3.05) is 18.8 Å². The lowest BCUT2D eigenvalue weighted by Crippen LogP contribution is -2.37. The molecule has 102 valence electrons. The molecule has 0 radical (unpaired) electrons. The third-order valence-corrected chi connectivity index (χ3v) is 4.11. The fourth-order valence-corrected chi connectivity index (χ4v) is 3.17. The molecule has 0 amide bonds. The summed E-state index contributed by atoms with van der Waals surface area (Å²) in [6, 6.07) is 0.905. The smallest absolute Gasteiger partial charge is 0.00953 e. The van der Waals surface area contributed by atoms with Crippen LogP contribution in [0.1, 0.15) is 65.2 Å². The van der Waals surface area contributed by atoms with Gasteiger partial charge in [-0.25, -0.2) is 0 Å². The molecule has 0 atom stereocenters. The van der Waals surface area contributed by atoms with E-state index in [4.69, 9.17) is 0 Å². The second-order valence-electron chi connectivity index (χ2n) is 5.96. The van der Waals surface area contributed by atoms with Crippen molar-refractivity contribution in [1.29, 1.82) is 0 Å². The molecule has 0 heterocycles. The molecule has 1 fully saturated rings. The Balaban J connectivity index is 2.20. The van der Waals surface area contributed by atoms with Gasteiger partial charge in [0.1, 0.15) is 0 Å². The molecule has 0 aliphatic heterocycles. The fraction of sp³-hybridized carbons (Fsp3) is 1.00. The predicted molar refractivity (Wildman–Crippen MR) is 81.0 cm³/mol. The van der Waals surface area contributed by atoms with Crippen LogP contribution in [0.5, 0.6) is 0 Å². The molecule has 1 rings (SSSR count). The molecule has 1 saturated carbocycles. The lowest BCUT2D eigenvalue weighted by molar-refractivity contribution is 0.173. The first-order valence-electron chi connectivity index (χ1n) is 7.59. The summed E-state index contributed by atoms with van der Waals surface area (Å²) >= 11 is 4.27. The summed E-state index contributed by atoms with van der Waals surface area (Å²) < 4.78 is 0. The summed E-state index contributed by atoms with van der Waals surface area (Å²) in [5.41, 5.74) is 0. The van der Waals surface area contributed by atoms with Crippen molar-refractivity contribution in [3.05, 3.63) is 0 Å². The lowest BCUT2D eigenvalue weighted by atomic mass is 10.1.